The summed E-state index contributed by atoms with van der Waals surface area (Å²) in [7, 11) is 2.84. The van der Waals surface area contributed by atoms with Crippen LogP contribution in [0.25, 0.3) is 0 Å². The van der Waals surface area contributed by atoms with Crippen molar-refractivity contribution in [1.82, 2.24) is 15.5 Å². The highest BCUT2D eigenvalue weighted by Crippen LogP contribution is 2.34. The maximum Gasteiger partial charge on any atom is 0.337 e. The van der Waals surface area contributed by atoms with E-state index < -0.39 is 12.0 Å². The molecule has 162 valence electrons. The van der Waals surface area contributed by atoms with Crippen molar-refractivity contribution in [3.05, 3.63) is 35.0 Å². The highest BCUT2D eigenvalue weighted by molar-refractivity contribution is 7.80. The van der Waals surface area contributed by atoms with E-state index in [4.69, 9.17) is 31.2 Å². The molecule has 0 aliphatic carbocycles. The molecule has 1 aromatic carbocycles. The van der Waals surface area contributed by atoms with E-state index in [-0.39, 0.29) is 12.5 Å². The van der Waals surface area contributed by atoms with Gasteiger partial charge in [-0.3, -0.25) is 4.79 Å². The minimum absolute atomic E-state index is 0.0994. The number of hydrogen-bond acceptors (Lipinski definition) is 7. The van der Waals surface area contributed by atoms with Gasteiger partial charge in [0.1, 0.15) is 0 Å². The molecule has 0 radical (unpaired) electrons. The van der Waals surface area contributed by atoms with Gasteiger partial charge in [-0.15, -0.1) is 0 Å². The van der Waals surface area contributed by atoms with E-state index in [1.807, 2.05) is 0 Å². The lowest BCUT2D eigenvalue weighted by molar-refractivity contribution is -0.137. The Kier molecular flexibility index (Phi) is 7.11. The van der Waals surface area contributed by atoms with Gasteiger partial charge in [0.05, 0.1) is 39.0 Å². The highest BCUT2D eigenvalue weighted by Gasteiger charge is 2.31. The van der Waals surface area contributed by atoms with E-state index in [0.717, 1.165) is 5.56 Å². The van der Waals surface area contributed by atoms with E-state index >= 15 is 0 Å². The van der Waals surface area contributed by atoms with Crippen LogP contribution >= 0.6 is 12.2 Å². The highest BCUT2D eigenvalue weighted by atomic mass is 32.1. The summed E-state index contributed by atoms with van der Waals surface area (Å²) in [6, 6.07) is 4.73. The van der Waals surface area contributed by atoms with E-state index in [0.29, 0.717) is 54.2 Å². The van der Waals surface area contributed by atoms with Gasteiger partial charge in [0.25, 0.3) is 5.91 Å². The predicted molar refractivity (Wildman–Crippen MR) is 112 cm³/mol. The molecule has 0 saturated carbocycles. The first-order valence-electron chi connectivity index (χ1n) is 9.47. The number of nitrogens with zero attached hydrogens (tertiary/aromatic N) is 1. The minimum atomic E-state index is -0.510. The molecule has 2 N–H and O–H groups in total. The molecule has 2 aliphatic rings. The molecule has 10 heteroatoms. The van der Waals surface area contributed by atoms with Crippen molar-refractivity contribution < 1.29 is 28.5 Å². The Bertz CT molecular complexity index is 866. The third kappa shape index (κ3) is 4.82. The number of hydrogen-bond donors (Lipinski definition) is 2. The number of carbonyl (C=O) groups is 2. The summed E-state index contributed by atoms with van der Waals surface area (Å²) in [6.07, 6.45) is 0. The number of morpholine rings is 1. The van der Waals surface area contributed by atoms with Gasteiger partial charge >= 0.3 is 5.97 Å². The summed E-state index contributed by atoms with van der Waals surface area (Å²) in [5, 5.41) is 6.43. The van der Waals surface area contributed by atoms with Crippen LogP contribution in [0.3, 0.4) is 0 Å². The monoisotopic (exact) mass is 435 g/mol. The molecule has 0 unspecified atom stereocenters. The van der Waals surface area contributed by atoms with Crippen LogP contribution in [-0.2, 0) is 19.1 Å². The lowest BCUT2D eigenvalue weighted by Crippen LogP contribution is -2.45. The zero-order valence-electron chi connectivity index (χ0n) is 17.1. The number of esters is 1. The number of nitrogens with one attached hydrogen (secondary N) is 2. The minimum Gasteiger partial charge on any atom is -0.493 e. The summed E-state index contributed by atoms with van der Waals surface area (Å²) >= 11 is 5.24. The first-order chi connectivity index (χ1) is 14.4. The van der Waals surface area contributed by atoms with E-state index in [2.05, 4.69) is 10.6 Å². The van der Waals surface area contributed by atoms with Crippen LogP contribution in [0, 0.1) is 0 Å². The fourth-order valence-electron chi connectivity index (χ4n) is 3.35. The second kappa shape index (κ2) is 9.77. The molecule has 0 bridgehead atoms. The Labute approximate surface area is 180 Å². The van der Waals surface area contributed by atoms with E-state index in [1.165, 1.54) is 14.2 Å². The van der Waals surface area contributed by atoms with Crippen molar-refractivity contribution in [1.29, 1.82) is 0 Å². The number of allylic oxidation sites excluding steroid dienone is 1. The molecule has 1 aromatic rings. The van der Waals surface area contributed by atoms with E-state index in [9.17, 15) is 9.59 Å². The third-order valence-corrected chi connectivity index (χ3v) is 5.13. The Morgan fingerprint density at radius 3 is 2.63 bits per heavy atom. The average molecular weight is 436 g/mol. The van der Waals surface area contributed by atoms with Gasteiger partial charge in [-0.05, 0) is 36.8 Å². The molecule has 2 heterocycles. The van der Waals surface area contributed by atoms with E-state index in [1.54, 1.807) is 30.0 Å². The fourth-order valence-corrected chi connectivity index (χ4v) is 3.62. The molecular formula is C20H25N3O6S. The molecule has 3 rings (SSSR count). The van der Waals surface area contributed by atoms with Gasteiger partial charge in [-0.1, -0.05) is 6.07 Å². The average Bonchev–Trinajstić information content (AvgIpc) is 2.76. The number of carbonyl (C=O) groups excluding carboxylic acids is 2. The van der Waals surface area contributed by atoms with Crippen LogP contribution in [0.2, 0.25) is 0 Å². The van der Waals surface area contributed by atoms with Crippen LogP contribution in [0.1, 0.15) is 18.5 Å². The van der Waals surface area contributed by atoms with Gasteiger partial charge in [0, 0.05) is 18.8 Å². The van der Waals surface area contributed by atoms with Crippen LogP contribution in [0.4, 0.5) is 0 Å². The zero-order valence-corrected chi connectivity index (χ0v) is 18.0. The molecule has 0 spiro atoms. The molecule has 1 fully saturated rings. The largest absolute Gasteiger partial charge is 0.493 e. The van der Waals surface area contributed by atoms with Crippen molar-refractivity contribution in [3.8, 4) is 11.5 Å². The molecule has 0 aromatic heterocycles. The summed E-state index contributed by atoms with van der Waals surface area (Å²) in [5.41, 5.74) is 1.78. The fraction of sp³-hybridized carbons (Fsp3) is 0.450. The first kappa shape index (κ1) is 21.8. The van der Waals surface area contributed by atoms with Gasteiger partial charge in [0.15, 0.2) is 23.2 Å². The lowest BCUT2D eigenvalue weighted by Gasteiger charge is -2.30. The van der Waals surface area contributed by atoms with Crippen molar-refractivity contribution in [3.63, 3.8) is 0 Å². The maximum absolute atomic E-state index is 12.3. The van der Waals surface area contributed by atoms with Gasteiger partial charge in [-0.25, -0.2) is 4.79 Å². The normalized spacial score (nSPS) is 19.0. The Morgan fingerprint density at radius 1 is 1.23 bits per heavy atom. The summed E-state index contributed by atoms with van der Waals surface area (Å²) in [5.74, 6) is 0.298. The standard InChI is InChI=1S/C20H25N3O6S/c1-12-17(19(25)27-3)18(22-20(30)21-12)13-4-5-14(15(10-13)26-2)29-11-16(24)23-6-8-28-9-7-23/h4-5,10,18H,6-9,11H2,1-3H3,(H2,21,22,30)/t18-/m1/s1. The molecule has 1 atom stereocenters. The number of thiocarbonyl (C=S) groups is 1. The molecule has 2 aliphatic heterocycles. The van der Waals surface area contributed by atoms with Gasteiger partial charge < -0.3 is 34.5 Å². The summed E-state index contributed by atoms with van der Waals surface area (Å²) in [4.78, 5) is 26.3. The van der Waals surface area contributed by atoms with Crippen LogP contribution in [0.5, 0.6) is 11.5 Å². The number of ether oxygens (including phenoxy) is 4. The van der Waals surface area contributed by atoms with Crippen molar-refractivity contribution >= 4 is 29.2 Å². The molecule has 1 saturated heterocycles. The van der Waals surface area contributed by atoms with Crippen LogP contribution in [-0.4, -0.2) is 69.0 Å². The topological polar surface area (TPSA) is 98.4 Å². The molecule has 9 nitrogen and oxygen atoms in total. The number of benzene rings is 1. The van der Waals surface area contributed by atoms with Gasteiger partial charge in [0.2, 0.25) is 0 Å². The van der Waals surface area contributed by atoms with Crippen molar-refractivity contribution in [2.45, 2.75) is 13.0 Å². The Hall–Kier alpha value is -2.85. The quantitative estimate of drug-likeness (QED) is 0.499. The number of rotatable bonds is 6. The second-order valence-corrected chi connectivity index (χ2v) is 7.16. The lowest BCUT2D eigenvalue weighted by atomic mass is 9.95. The second-order valence-electron chi connectivity index (χ2n) is 6.75. The Morgan fingerprint density at radius 2 is 1.97 bits per heavy atom. The molecule has 30 heavy (non-hydrogen) atoms. The number of amides is 1. The summed E-state index contributed by atoms with van der Waals surface area (Å²) < 4.78 is 21.3. The summed E-state index contributed by atoms with van der Waals surface area (Å²) in [6.45, 7) is 3.84. The third-order valence-electron chi connectivity index (χ3n) is 4.91. The van der Waals surface area contributed by atoms with Crippen molar-refractivity contribution in [2.24, 2.45) is 0 Å². The van der Waals surface area contributed by atoms with Gasteiger partial charge in [-0.2, -0.15) is 0 Å². The SMILES string of the molecule is COC(=O)C1=C(C)NC(=S)N[C@@H]1c1ccc(OCC(=O)N2CCOCC2)c(OC)c1. The first-order valence-corrected chi connectivity index (χ1v) is 9.88. The molecule has 1 amide bonds. The van der Waals surface area contributed by atoms with Crippen molar-refractivity contribution in [2.75, 3.05) is 47.1 Å². The van der Waals surface area contributed by atoms with Crippen LogP contribution < -0.4 is 20.1 Å². The predicted octanol–water partition coefficient (Wildman–Crippen LogP) is 0.899. The maximum atomic E-state index is 12.3. The Balaban J connectivity index is 1.79. The molecular weight excluding hydrogens is 410 g/mol. The zero-order chi connectivity index (χ0) is 21.7. The van der Waals surface area contributed by atoms with Crippen LogP contribution in [0.15, 0.2) is 29.5 Å². The number of methoxy groups -OCH3 is 2. The smallest absolute Gasteiger partial charge is 0.337 e.